The number of hydrogen-bond acceptors (Lipinski definition) is 0. The molecular weight excluding hydrogens is 348 g/mol. The maximum atomic E-state index is 4.33. The molecule has 0 aromatic carbocycles. The molecule has 0 heterocycles. The molecule has 0 amide bonds. The molecule has 3 aliphatic rings. The Morgan fingerprint density at radius 3 is 2.45 bits per heavy atom. The Balaban J connectivity index is 1.68. The van der Waals surface area contributed by atoms with Crippen LogP contribution >= 0.6 is 0 Å². The van der Waals surface area contributed by atoms with E-state index in [2.05, 4.69) is 53.3 Å². The van der Waals surface area contributed by atoms with E-state index < -0.39 is 0 Å². The zero-order valence-electron chi connectivity index (χ0n) is 20.2. The maximum Gasteiger partial charge on any atom is -0.0143 e. The molecule has 0 aromatic heterocycles. The standard InChI is InChI=1S/C29H48/c1-7-24(21(2)3)15-14-23(5)27-18-19-28-26(13-10-20-29(27,28)6)17-16-25-12-9-8-11-22(25)4/h16-17,21,23-24,27-28H,4,7-15,18-20H2,1-3,5-6H3/b25-16+,26-17+/t23-,24-,27-,28?,29-/m1/s1. The zero-order valence-corrected chi connectivity index (χ0v) is 20.2. The molecule has 0 aromatic rings. The molecular formula is C29H48. The van der Waals surface area contributed by atoms with Crippen molar-refractivity contribution < 1.29 is 0 Å². The molecule has 0 heteroatoms. The van der Waals surface area contributed by atoms with Gasteiger partial charge in [-0.15, -0.1) is 0 Å². The van der Waals surface area contributed by atoms with Gasteiger partial charge in [-0.1, -0.05) is 77.3 Å². The van der Waals surface area contributed by atoms with Crippen molar-refractivity contribution in [2.45, 2.75) is 112 Å². The van der Waals surface area contributed by atoms with Crippen molar-refractivity contribution in [1.29, 1.82) is 0 Å². The van der Waals surface area contributed by atoms with Crippen LogP contribution in [0.2, 0.25) is 0 Å². The van der Waals surface area contributed by atoms with E-state index in [1.54, 1.807) is 11.1 Å². The van der Waals surface area contributed by atoms with Crippen molar-refractivity contribution in [2.24, 2.45) is 35.0 Å². The van der Waals surface area contributed by atoms with Crippen LogP contribution in [0.1, 0.15) is 112 Å². The van der Waals surface area contributed by atoms with Crippen LogP contribution in [0.15, 0.2) is 35.5 Å². The van der Waals surface area contributed by atoms with Gasteiger partial charge < -0.3 is 0 Å². The lowest BCUT2D eigenvalue weighted by atomic mass is 9.60. The Morgan fingerprint density at radius 2 is 1.76 bits per heavy atom. The van der Waals surface area contributed by atoms with Gasteiger partial charge in [0.1, 0.15) is 0 Å². The van der Waals surface area contributed by atoms with Gasteiger partial charge in [0, 0.05) is 0 Å². The second-order valence-corrected chi connectivity index (χ2v) is 11.3. The average Bonchev–Trinajstić information content (AvgIpc) is 3.05. The van der Waals surface area contributed by atoms with E-state index in [1.807, 2.05) is 0 Å². The lowest BCUT2D eigenvalue weighted by molar-refractivity contribution is 0.0901. The van der Waals surface area contributed by atoms with Crippen LogP contribution in [0.25, 0.3) is 0 Å². The number of allylic oxidation sites excluding steroid dienone is 5. The monoisotopic (exact) mass is 396 g/mol. The summed E-state index contributed by atoms with van der Waals surface area (Å²) >= 11 is 0. The molecule has 0 spiro atoms. The summed E-state index contributed by atoms with van der Waals surface area (Å²) in [5, 5.41) is 0. The SMILES string of the molecule is C=C1CCCC/C1=C\C=C1/CCC[C@@]2(C)C1CC[C@@H]2[C@H](C)CC[C@@H](CC)C(C)C. The maximum absolute atomic E-state index is 4.33. The van der Waals surface area contributed by atoms with Crippen LogP contribution < -0.4 is 0 Å². The lowest BCUT2D eigenvalue weighted by Crippen LogP contribution is -2.36. The highest BCUT2D eigenvalue weighted by Crippen LogP contribution is 2.60. The first kappa shape index (κ1) is 22.9. The molecule has 3 saturated carbocycles. The minimum Gasteiger partial charge on any atom is -0.0956 e. The summed E-state index contributed by atoms with van der Waals surface area (Å²) in [6, 6.07) is 0. The first-order valence-corrected chi connectivity index (χ1v) is 12.9. The first-order valence-electron chi connectivity index (χ1n) is 12.9. The molecule has 3 rings (SSSR count). The Hall–Kier alpha value is -0.780. The molecule has 1 unspecified atom stereocenters. The van der Waals surface area contributed by atoms with Gasteiger partial charge >= 0.3 is 0 Å². The zero-order chi connectivity index (χ0) is 21.0. The molecule has 3 fully saturated rings. The van der Waals surface area contributed by atoms with Crippen molar-refractivity contribution >= 4 is 0 Å². The lowest BCUT2D eigenvalue weighted by Gasteiger charge is -2.44. The highest BCUT2D eigenvalue weighted by atomic mass is 14.5. The normalized spacial score (nSPS) is 35.3. The third-order valence-corrected chi connectivity index (χ3v) is 9.31. The Kier molecular flexibility index (Phi) is 7.91. The first-order chi connectivity index (χ1) is 13.9. The molecule has 0 aliphatic heterocycles. The van der Waals surface area contributed by atoms with Gasteiger partial charge in [0.2, 0.25) is 0 Å². The summed E-state index contributed by atoms with van der Waals surface area (Å²) in [7, 11) is 0. The molecule has 0 nitrogen and oxygen atoms in total. The Morgan fingerprint density at radius 1 is 1.00 bits per heavy atom. The van der Waals surface area contributed by atoms with E-state index >= 15 is 0 Å². The molecule has 164 valence electrons. The van der Waals surface area contributed by atoms with Gasteiger partial charge in [-0.2, -0.15) is 0 Å². The third kappa shape index (κ3) is 5.11. The highest BCUT2D eigenvalue weighted by Gasteiger charge is 2.50. The fraction of sp³-hybridized carbons (Fsp3) is 0.793. The van der Waals surface area contributed by atoms with Crippen LogP contribution in [-0.2, 0) is 0 Å². The predicted octanol–water partition coefficient (Wildman–Crippen LogP) is 9.28. The summed E-state index contributed by atoms with van der Waals surface area (Å²) < 4.78 is 0. The van der Waals surface area contributed by atoms with Crippen molar-refractivity contribution in [3.63, 3.8) is 0 Å². The summed E-state index contributed by atoms with van der Waals surface area (Å²) in [6.45, 7) is 16.8. The van der Waals surface area contributed by atoms with E-state index in [0.29, 0.717) is 5.41 Å². The fourth-order valence-corrected chi connectivity index (χ4v) is 7.30. The second-order valence-electron chi connectivity index (χ2n) is 11.3. The van der Waals surface area contributed by atoms with Crippen LogP contribution in [0.3, 0.4) is 0 Å². The minimum atomic E-state index is 0.547. The van der Waals surface area contributed by atoms with Gasteiger partial charge in [-0.25, -0.2) is 0 Å². The fourth-order valence-electron chi connectivity index (χ4n) is 7.30. The van der Waals surface area contributed by atoms with Gasteiger partial charge in [0.25, 0.3) is 0 Å². The molecule has 0 bridgehead atoms. The van der Waals surface area contributed by atoms with Crippen molar-refractivity contribution in [3.8, 4) is 0 Å². The quantitative estimate of drug-likeness (QED) is 0.402. The van der Waals surface area contributed by atoms with Gasteiger partial charge in [-0.05, 0) is 105 Å². The van der Waals surface area contributed by atoms with E-state index in [-0.39, 0.29) is 0 Å². The predicted molar refractivity (Wildman–Crippen MR) is 129 cm³/mol. The van der Waals surface area contributed by atoms with Crippen LogP contribution in [0.4, 0.5) is 0 Å². The van der Waals surface area contributed by atoms with Crippen molar-refractivity contribution in [3.05, 3.63) is 35.5 Å². The van der Waals surface area contributed by atoms with E-state index in [0.717, 1.165) is 29.6 Å². The van der Waals surface area contributed by atoms with Gasteiger partial charge in [0.15, 0.2) is 0 Å². The number of rotatable bonds is 7. The minimum absolute atomic E-state index is 0.547. The number of hydrogen-bond donors (Lipinski definition) is 0. The molecule has 0 saturated heterocycles. The second kappa shape index (κ2) is 10.0. The van der Waals surface area contributed by atoms with Crippen LogP contribution in [-0.4, -0.2) is 0 Å². The molecule has 0 N–H and O–H groups in total. The average molecular weight is 397 g/mol. The van der Waals surface area contributed by atoms with Crippen LogP contribution in [0.5, 0.6) is 0 Å². The van der Waals surface area contributed by atoms with Gasteiger partial charge in [-0.3, -0.25) is 0 Å². The summed E-state index contributed by atoms with van der Waals surface area (Å²) in [6.07, 6.45) is 21.5. The summed E-state index contributed by atoms with van der Waals surface area (Å²) in [5.74, 6) is 4.40. The Labute approximate surface area is 182 Å². The Bertz CT molecular complexity index is 618. The van der Waals surface area contributed by atoms with Crippen LogP contribution in [0, 0.1) is 35.0 Å². The molecule has 29 heavy (non-hydrogen) atoms. The van der Waals surface area contributed by atoms with Crippen molar-refractivity contribution in [1.82, 2.24) is 0 Å². The number of fused-ring (bicyclic) bond motifs is 1. The summed E-state index contributed by atoms with van der Waals surface area (Å²) in [4.78, 5) is 0. The molecule has 5 atom stereocenters. The molecule has 3 aliphatic carbocycles. The van der Waals surface area contributed by atoms with E-state index in [4.69, 9.17) is 0 Å². The van der Waals surface area contributed by atoms with Gasteiger partial charge in [0.05, 0.1) is 0 Å². The smallest absolute Gasteiger partial charge is 0.0143 e. The van der Waals surface area contributed by atoms with E-state index in [9.17, 15) is 0 Å². The summed E-state index contributed by atoms with van der Waals surface area (Å²) in [5.41, 5.74) is 5.26. The largest absolute Gasteiger partial charge is 0.0956 e. The topological polar surface area (TPSA) is 0 Å². The highest BCUT2D eigenvalue weighted by molar-refractivity contribution is 5.35. The van der Waals surface area contributed by atoms with E-state index in [1.165, 1.54) is 82.6 Å². The molecule has 0 radical (unpaired) electrons. The third-order valence-electron chi connectivity index (χ3n) is 9.31. The van der Waals surface area contributed by atoms with Crippen molar-refractivity contribution in [2.75, 3.05) is 0 Å².